The number of nitrogens with zero attached hydrogens (tertiary/aromatic N) is 1. The minimum absolute atomic E-state index is 0.0696. The molecule has 0 saturated heterocycles. The van der Waals surface area contributed by atoms with Gasteiger partial charge in [-0.3, -0.25) is 4.79 Å². The van der Waals surface area contributed by atoms with Gasteiger partial charge in [-0.1, -0.05) is 50.6 Å². The molecular weight excluding hydrogens is 596 g/mol. The molecule has 2 N–H and O–H groups in total. The third kappa shape index (κ3) is 6.27. The Balaban J connectivity index is 1.42. The summed E-state index contributed by atoms with van der Waals surface area (Å²) < 4.78 is 36.2. The SMILES string of the molecule is CC(C)C[C@H]1C[C@@H](C)/C=C/C(O)C2CCC2CN2C[C@@]3(CCCc4cc(Cl)ccc43)COc3ccc(cc32)C(=O)NS1(=O)=O. The van der Waals surface area contributed by atoms with Crippen LogP contribution in [0.5, 0.6) is 5.75 Å². The molecule has 0 radical (unpaired) electrons. The highest BCUT2D eigenvalue weighted by molar-refractivity contribution is 7.90. The molecule has 1 spiro atoms. The number of sulfonamides is 1. The Kier molecular flexibility index (Phi) is 8.81. The summed E-state index contributed by atoms with van der Waals surface area (Å²) in [7, 11) is -3.95. The van der Waals surface area contributed by atoms with Gasteiger partial charge in [-0.05, 0) is 110 Å². The molecule has 44 heavy (non-hydrogen) atoms. The topological polar surface area (TPSA) is 95.9 Å². The smallest absolute Gasteiger partial charge is 0.264 e. The second-order valence-corrected chi connectivity index (χ2v) is 16.5. The summed E-state index contributed by atoms with van der Waals surface area (Å²) in [5.41, 5.74) is 3.34. The van der Waals surface area contributed by atoms with Gasteiger partial charge in [-0.25, -0.2) is 13.1 Å². The number of benzene rings is 2. The number of aliphatic hydroxyl groups is 1. The quantitative estimate of drug-likeness (QED) is 0.376. The van der Waals surface area contributed by atoms with E-state index >= 15 is 0 Å². The predicted molar refractivity (Wildman–Crippen MR) is 175 cm³/mol. The van der Waals surface area contributed by atoms with Crippen LogP contribution in [0.2, 0.25) is 5.02 Å². The lowest BCUT2D eigenvalue weighted by Crippen LogP contribution is -2.49. The van der Waals surface area contributed by atoms with E-state index in [1.165, 1.54) is 11.1 Å². The molecule has 6 atom stereocenters. The maximum atomic E-state index is 13.6. The Labute approximate surface area is 267 Å². The van der Waals surface area contributed by atoms with E-state index in [1.54, 1.807) is 18.2 Å². The summed E-state index contributed by atoms with van der Waals surface area (Å²) in [6, 6.07) is 11.4. The van der Waals surface area contributed by atoms with E-state index in [1.807, 2.05) is 39.0 Å². The number of rotatable bonds is 2. The van der Waals surface area contributed by atoms with Gasteiger partial charge in [-0.15, -0.1) is 0 Å². The lowest BCUT2D eigenvalue weighted by Gasteiger charge is -2.45. The highest BCUT2D eigenvalue weighted by Gasteiger charge is 2.44. The molecule has 2 heterocycles. The fraction of sp³-hybridized carbons (Fsp3) is 0.571. The van der Waals surface area contributed by atoms with Gasteiger partial charge < -0.3 is 14.7 Å². The first kappa shape index (κ1) is 31.4. The number of ether oxygens (including phenoxy) is 1. The van der Waals surface area contributed by atoms with E-state index in [-0.39, 0.29) is 29.1 Å². The average molecular weight is 641 g/mol. The fourth-order valence-corrected chi connectivity index (χ4v) is 9.83. The lowest BCUT2D eigenvalue weighted by molar-refractivity contribution is 0.0454. The Morgan fingerprint density at radius 2 is 1.98 bits per heavy atom. The first-order chi connectivity index (χ1) is 20.9. The molecule has 2 aliphatic carbocycles. The zero-order chi connectivity index (χ0) is 31.2. The van der Waals surface area contributed by atoms with Crippen molar-refractivity contribution < 1.29 is 23.1 Å². The Morgan fingerprint density at radius 1 is 1.16 bits per heavy atom. The van der Waals surface area contributed by atoms with Crippen LogP contribution in [0.3, 0.4) is 0 Å². The van der Waals surface area contributed by atoms with Gasteiger partial charge in [0.15, 0.2) is 0 Å². The van der Waals surface area contributed by atoms with Crippen molar-refractivity contribution >= 4 is 33.2 Å². The maximum absolute atomic E-state index is 13.6. The van der Waals surface area contributed by atoms with Gasteiger partial charge in [0.05, 0.1) is 23.6 Å². The standard InChI is InChI=1S/C35H45ClN2O5S/c1-22(2)15-28-16-23(3)6-12-32(39)29-10-7-26(29)19-38-20-35(14-4-5-24-17-27(36)9-11-30(24)35)21-43-33-13-8-25(18-31(33)38)34(40)37-44(28,41)42/h6,8-9,11-13,17-18,22-23,26,28-29,32,39H,4-5,7,10,14-16,19-21H2,1-3H3,(H,37,40)/b12-6+/t23-,26?,28-,29?,32?,35-/m0/s1. The molecule has 2 aliphatic heterocycles. The molecule has 2 aromatic carbocycles. The molecule has 2 aromatic rings. The summed E-state index contributed by atoms with van der Waals surface area (Å²) in [5, 5.41) is 11.3. The molecule has 9 heteroatoms. The number of carbonyl (C=O) groups is 1. The number of aryl methyl sites for hydroxylation is 1. The third-order valence-corrected chi connectivity index (χ3v) is 12.3. The van der Waals surface area contributed by atoms with Crippen molar-refractivity contribution in [3.8, 4) is 5.75 Å². The van der Waals surface area contributed by atoms with Crippen LogP contribution < -0.4 is 14.4 Å². The number of fused-ring (bicyclic) bond motifs is 4. The molecule has 238 valence electrons. The van der Waals surface area contributed by atoms with Crippen molar-refractivity contribution in [2.75, 3.05) is 24.6 Å². The minimum Gasteiger partial charge on any atom is -0.490 e. The van der Waals surface area contributed by atoms with Crippen LogP contribution in [-0.4, -0.2) is 50.5 Å². The van der Waals surface area contributed by atoms with Crippen LogP contribution in [0.15, 0.2) is 48.6 Å². The van der Waals surface area contributed by atoms with Crippen LogP contribution in [0.1, 0.15) is 80.8 Å². The number of allylic oxidation sites excluding steroid dienone is 1. The van der Waals surface area contributed by atoms with Gasteiger partial charge in [0, 0.05) is 29.1 Å². The van der Waals surface area contributed by atoms with Gasteiger partial charge in [0.25, 0.3) is 5.91 Å². The highest BCUT2D eigenvalue weighted by atomic mass is 35.5. The number of halogens is 1. The number of amides is 1. The first-order valence-corrected chi connectivity index (χ1v) is 18.1. The van der Waals surface area contributed by atoms with Crippen molar-refractivity contribution in [1.82, 2.24) is 4.72 Å². The molecule has 7 nitrogen and oxygen atoms in total. The van der Waals surface area contributed by atoms with Crippen LogP contribution >= 0.6 is 11.6 Å². The molecule has 1 saturated carbocycles. The summed E-state index contributed by atoms with van der Waals surface area (Å²) >= 11 is 6.40. The van der Waals surface area contributed by atoms with E-state index in [0.717, 1.165) is 42.8 Å². The van der Waals surface area contributed by atoms with Crippen LogP contribution in [0, 0.1) is 23.7 Å². The molecular formula is C35H45ClN2O5S. The maximum Gasteiger partial charge on any atom is 0.264 e. The zero-order valence-electron chi connectivity index (χ0n) is 26.0. The van der Waals surface area contributed by atoms with Crippen LogP contribution in [0.4, 0.5) is 5.69 Å². The largest absolute Gasteiger partial charge is 0.490 e. The van der Waals surface area contributed by atoms with Crippen molar-refractivity contribution in [1.29, 1.82) is 0 Å². The normalized spacial score (nSPS) is 32.5. The number of anilines is 1. The van der Waals surface area contributed by atoms with Gasteiger partial charge in [0.2, 0.25) is 10.0 Å². The lowest BCUT2D eigenvalue weighted by atomic mass is 9.68. The summed E-state index contributed by atoms with van der Waals surface area (Å²) in [6.45, 7) is 7.87. The van der Waals surface area contributed by atoms with E-state index in [4.69, 9.17) is 16.3 Å². The van der Waals surface area contributed by atoms with Crippen molar-refractivity contribution in [3.63, 3.8) is 0 Å². The monoisotopic (exact) mass is 640 g/mol. The highest BCUT2D eigenvalue weighted by Crippen LogP contribution is 2.46. The molecule has 4 aliphatic rings. The number of aliphatic hydroxyl groups excluding tert-OH is 1. The number of hydrogen-bond donors (Lipinski definition) is 2. The number of carbonyl (C=O) groups excluding carboxylic acids is 1. The third-order valence-electron chi connectivity index (χ3n) is 10.3. The molecule has 2 bridgehead atoms. The number of nitrogens with one attached hydrogen (secondary N) is 1. The predicted octanol–water partition coefficient (Wildman–Crippen LogP) is 6.27. The molecule has 1 fully saturated rings. The van der Waals surface area contributed by atoms with Crippen LogP contribution in [0.25, 0.3) is 0 Å². The molecule has 6 rings (SSSR count). The van der Waals surface area contributed by atoms with Crippen LogP contribution in [-0.2, 0) is 21.9 Å². The van der Waals surface area contributed by atoms with E-state index < -0.39 is 27.3 Å². The molecule has 1 amide bonds. The fourth-order valence-electron chi connectivity index (χ4n) is 7.90. The van der Waals surface area contributed by atoms with Gasteiger partial charge >= 0.3 is 0 Å². The first-order valence-electron chi connectivity index (χ1n) is 16.2. The van der Waals surface area contributed by atoms with E-state index in [2.05, 4.69) is 21.8 Å². The van der Waals surface area contributed by atoms with E-state index in [0.29, 0.717) is 43.9 Å². The Hall–Kier alpha value is -2.55. The van der Waals surface area contributed by atoms with E-state index in [9.17, 15) is 18.3 Å². The zero-order valence-corrected chi connectivity index (χ0v) is 27.5. The van der Waals surface area contributed by atoms with Gasteiger partial charge in [0.1, 0.15) is 5.75 Å². The minimum atomic E-state index is -3.95. The van der Waals surface area contributed by atoms with Crippen molar-refractivity contribution in [2.24, 2.45) is 23.7 Å². The second-order valence-electron chi connectivity index (χ2n) is 14.1. The second kappa shape index (κ2) is 12.3. The number of hydrogen-bond acceptors (Lipinski definition) is 6. The summed E-state index contributed by atoms with van der Waals surface area (Å²) in [5.74, 6) is 0.535. The Bertz CT molecular complexity index is 1540. The van der Waals surface area contributed by atoms with Gasteiger partial charge in [-0.2, -0.15) is 0 Å². The summed E-state index contributed by atoms with van der Waals surface area (Å²) in [4.78, 5) is 15.9. The van der Waals surface area contributed by atoms with Crippen molar-refractivity contribution in [2.45, 2.75) is 82.5 Å². The molecule has 0 aromatic heterocycles. The Morgan fingerprint density at radius 3 is 2.73 bits per heavy atom. The average Bonchev–Trinajstić information content (AvgIpc) is 3.10. The van der Waals surface area contributed by atoms with Crippen molar-refractivity contribution in [3.05, 3.63) is 70.3 Å². The molecule has 3 unspecified atom stereocenters. The summed E-state index contributed by atoms with van der Waals surface area (Å²) in [6.07, 6.45) is 8.97.